The normalized spacial score (nSPS) is 12.3. The Kier molecular flexibility index (Phi) is 4.91. The number of H-pyrrole nitrogens is 1. The summed E-state index contributed by atoms with van der Waals surface area (Å²) in [4.78, 5) is 37.2. The van der Waals surface area contributed by atoms with Gasteiger partial charge in [0.2, 0.25) is 0 Å². The topological polar surface area (TPSA) is 84.9 Å². The maximum atomic E-state index is 12.9. The molecule has 25 heavy (non-hydrogen) atoms. The Morgan fingerprint density at radius 3 is 2.80 bits per heavy atom. The molecule has 1 atom stereocenters. The number of ketones is 1. The van der Waals surface area contributed by atoms with Crippen molar-refractivity contribution in [2.75, 3.05) is 7.11 Å². The van der Waals surface area contributed by atoms with Gasteiger partial charge in [0, 0.05) is 11.1 Å². The molecule has 0 amide bonds. The van der Waals surface area contributed by atoms with Crippen LogP contribution in [0.3, 0.4) is 0 Å². The van der Waals surface area contributed by atoms with Gasteiger partial charge < -0.3 is 9.72 Å². The highest BCUT2D eigenvalue weighted by atomic mass is 32.2. The number of ether oxygens (including phenoxy) is 1. The molecule has 0 aromatic carbocycles. The lowest BCUT2D eigenvalue weighted by molar-refractivity contribution is 0.0599. The average Bonchev–Trinajstić information content (AvgIpc) is 3.18. The van der Waals surface area contributed by atoms with Gasteiger partial charge in [0.25, 0.3) is 0 Å². The third kappa shape index (κ3) is 3.19. The minimum Gasteiger partial charge on any atom is -0.465 e. The van der Waals surface area contributed by atoms with Gasteiger partial charge in [-0.25, -0.2) is 14.8 Å². The molecule has 3 heterocycles. The van der Waals surface area contributed by atoms with E-state index in [0.717, 1.165) is 15.2 Å². The summed E-state index contributed by atoms with van der Waals surface area (Å²) in [5.74, 6) is -0.524. The maximum Gasteiger partial charge on any atom is 0.339 e. The van der Waals surface area contributed by atoms with Crippen LogP contribution in [0.1, 0.15) is 39.0 Å². The van der Waals surface area contributed by atoms with Crippen LogP contribution in [0, 0.1) is 13.8 Å². The Labute approximate surface area is 153 Å². The zero-order valence-electron chi connectivity index (χ0n) is 14.2. The first-order valence-electron chi connectivity index (χ1n) is 7.60. The molecule has 0 radical (unpaired) electrons. The summed E-state index contributed by atoms with van der Waals surface area (Å²) >= 11 is 2.93. The van der Waals surface area contributed by atoms with Crippen molar-refractivity contribution in [3.05, 3.63) is 40.3 Å². The van der Waals surface area contributed by atoms with Gasteiger partial charge in [-0.3, -0.25) is 4.79 Å². The molecular weight excluding hydrogens is 358 g/mol. The zero-order chi connectivity index (χ0) is 18.1. The summed E-state index contributed by atoms with van der Waals surface area (Å²) in [7, 11) is 1.33. The number of nitrogens with zero attached hydrogens (tertiary/aromatic N) is 2. The van der Waals surface area contributed by atoms with Crippen LogP contribution in [0.2, 0.25) is 0 Å². The van der Waals surface area contributed by atoms with Gasteiger partial charge in [-0.15, -0.1) is 11.3 Å². The smallest absolute Gasteiger partial charge is 0.339 e. The number of carbonyl (C=O) groups is 2. The van der Waals surface area contributed by atoms with E-state index in [1.807, 2.05) is 18.4 Å². The number of aryl methyl sites for hydroxylation is 1. The summed E-state index contributed by atoms with van der Waals surface area (Å²) in [5, 5.41) is 3.32. The van der Waals surface area contributed by atoms with Crippen LogP contribution in [-0.4, -0.2) is 39.1 Å². The summed E-state index contributed by atoms with van der Waals surface area (Å²) in [5.41, 5.74) is 2.11. The van der Waals surface area contributed by atoms with Crippen LogP contribution >= 0.6 is 23.1 Å². The number of aromatic amines is 1. The fraction of sp³-hybridized carbons (Fsp3) is 0.294. The fourth-order valence-electron chi connectivity index (χ4n) is 2.69. The van der Waals surface area contributed by atoms with E-state index < -0.39 is 5.97 Å². The van der Waals surface area contributed by atoms with Gasteiger partial charge in [-0.05, 0) is 37.8 Å². The standard InChI is InChI=1S/C17H17N3O3S2/c1-8-12(17(22)23-4)9(2)20-13(8)14(21)10(3)25-16-11-5-6-24-15(11)18-7-19-16/h5-7,10,20H,1-4H3. The molecule has 0 saturated carbocycles. The number of methoxy groups -OCH3 is 1. The molecule has 8 heteroatoms. The highest BCUT2D eigenvalue weighted by molar-refractivity contribution is 8.00. The highest BCUT2D eigenvalue weighted by Crippen LogP contribution is 2.32. The first kappa shape index (κ1) is 17.6. The lowest BCUT2D eigenvalue weighted by Crippen LogP contribution is -2.15. The van der Waals surface area contributed by atoms with Crippen LogP contribution in [0.4, 0.5) is 0 Å². The third-order valence-electron chi connectivity index (χ3n) is 3.96. The summed E-state index contributed by atoms with van der Waals surface area (Å²) in [6.07, 6.45) is 1.51. The van der Waals surface area contributed by atoms with Crippen LogP contribution < -0.4 is 0 Å². The van der Waals surface area contributed by atoms with Crippen molar-refractivity contribution < 1.29 is 14.3 Å². The minimum absolute atomic E-state index is 0.0808. The number of thioether (sulfide) groups is 1. The molecule has 6 nitrogen and oxygen atoms in total. The fourth-order valence-corrected chi connectivity index (χ4v) is 4.45. The number of esters is 1. The molecule has 3 aromatic heterocycles. The molecule has 0 aliphatic heterocycles. The predicted molar refractivity (Wildman–Crippen MR) is 98.7 cm³/mol. The largest absolute Gasteiger partial charge is 0.465 e. The van der Waals surface area contributed by atoms with Crippen molar-refractivity contribution in [2.24, 2.45) is 0 Å². The number of hydrogen-bond donors (Lipinski definition) is 1. The van der Waals surface area contributed by atoms with Crippen LogP contribution in [0.15, 0.2) is 22.8 Å². The highest BCUT2D eigenvalue weighted by Gasteiger charge is 2.26. The van der Waals surface area contributed by atoms with E-state index in [9.17, 15) is 9.59 Å². The summed E-state index contributed by atoms with van der Waals surface area (Å²) in [6, 6.07) is 1.96. The molecular formula is C17H17N3O3S2. The number of aromatic nitrogens is 3. The Bertz CT molecular complexity index is 961. The predicted octanol–water partition coefficient (Wildman–Crippen LogP) is 3.79. The number of fused-ring (bicyclic) bond motifs is 1. The summed E-state index contributed by atoms with van der Waals surface area (Å²) in [6.45, 7) is 5.34. The van der Waals surface area contributed by atoms with Gasteiger partial charge in [0.15, 0.2) is 5.78 Å². The van der Waals surface area contributed by atoms with E-state index in [1.54, 1.807) is 13.8 Å². The first-order valence-corrected chi connectivity index (χ1v) is 9.36. The van der Waals surface area contributed by atoms with Gasteiger partial charge in [-0.2, -0.15) is 0 Å². The van der Waals surface area contributed by atoms with Crippen LogP contribution in [0.25, 0.3) is 10.2 Å². The van der Waals surface area contributed by atoms with E-state index in [1.165, 1.54) is 36.5 Å². The molecule has 3 aromatic rings. The van der Waals surface area contributed by atoms with Crippen molar-refractivity contribution >= 4 is 45.1 Å². The maximum absolute atomic E-state index is 12.9. The van der Waals surface area contributed by atoms with Crippen molar-refractivity contribution in [1.82, 2.24) is 15.0 Å². The Balaban J connectivity index is 1.88. The van der Waals surface area contributed by atoms with E-state index in [-0.39, 0.29) is 11.0 Å². The van der Waals surface area contributed by atoms with E-state index in [4.69, 9.17) is 4.74 Å². The molecule has 0 aliphatic carbocycles. The van der Waals surface area contributed by atoms with Gasteiger partial charge in [0.1, 0.15) is 16.2 Å². The summed E-state index contributed by atoms with van der Waals surface area (Å²) < 4.78 is 4.80. The Morgan fingerprint density at radius 2 is 2.08 bits per heavy atom. The average molecular weight is 375 g/mol. The van der Waals surface area contributed by atoms with Gasteiger partial charge >= 0.3 is 5.97 Å². The molecule has 130 valence electrons. The monoisotopic (exact) mass is 375 g/mol. The van der Waals surface area contributed by atoms with Crippen molar-refractivity contribution in [1.29, 1.82) is 0 Å². The number of nitrogens with one attached hydrogen (secondary N) is 1. The Morgan fingerprint density at radius 1 is 1.32 bits per heavy atom. The molecule has 0 aliphatic rings. The number of rotatable bonds is 5. The van der Waals surface area contributed by atoms with Crippen LogP contribution in [0.5, 0.6) is 0 Å². The zero-order valence-corrected chi connectivity index (χ0v) is 15.9. The second-order valence-corrected chi connectivity index (χ2v) is 7.78. The van der Waals surface area contributed by atoms with Crippen molar-refractivity contribution in [2.45, 2.75) is 31.0 Å². The lowest BCUT2D eigenvalue weighted by atomic mass is 10.1. The van der Waals surface area contributed by atoms with Gasteiger partial charge in [0.05, 0.1) is 23.6 Å². The third-order valence-corrected chi connectivity index (χ3v) is 5.89. The molecule has 0 fully saturated rings. The molecule has 0 spiro atoms. The molecule has 3 rings (SSSR count). The number of Topliss-reactive ketones (excluding diaryl/α,β-unsaturated/α-hetero) is 1. The molecule has 1 N–H and O–H groups in total. The van der Waals surface area contributed by atoms with Crippen molar-refractivity contribution in [3.63, 3.8) is 0 Å². The van der Waals surface area contributed by atoms with Crippen molar-refractivity contribution in [3.8, 4) is 0 Å². The number of carbonyl (C=O) groups excluding carboxylic acids is 2. The van der Waals surface area contributed by atoms with E-state index in [0.29, 0.717) is 22.5 Å². The quantitative estimate of drug-likeness (QED) is 0.316. The lowest BCUT2D eigenvalue weighted by Gasteiger charge is -2.10. The minimum atomic E-state index is -0.443. The molecule has 0 bridgehead atoms. The number of thiophene rings is 1. The van der Waals surface area contributed by atoms with E-state index in [2.05, 4.69) is 15.0 Å². The SMILES string of the molecule is COC(=O)c1c(C)[nH]c(C(=O)C(C)Sc2ncnc3sccc23)c1C. The number of hydrogen-bond acceptors (Lipinski definition) is 7. The second-order valence-electron chi connectivity index (χ2n) is 5.56. The van der Waals surface area contributed by atoms with E-state index >= 15 is 0 Å². The second kappa shape index (κ2) is 6.97. The first-order chi connectivity index (χ1) is 11.9. The van der Waals surface area contributed by atoms with Crippen LogP contribution in [-0.2, 0) is 4.74 Å². The Hall–Kier alpha value is -2.19. The molecule has 0 saturated heterocycles. The molecule has 1 unspecified atom stereocenters. The van der Waals surface area contributed by atoms with Gasteiger partial charge in [-0.1, -0.05) is 11.8 Å².